The molecule has 1 aliphatic carbocycles. The average molecular weight is 252 g/mol. The average Bonchev–Trinajstić information content (AvgIpc) is 3.15. The predicted octanol–water partition coefficient (Wildman–Crippen LogP) is -1.39. The fourth-order valence-electron chi connectivity index (χ4n) is 4.29. The van der Waals surface area contributed by atoms with Gasteiger partial charge in [0.05, 0.1) is 19.8 Å². The molecule has 9 atom stereocenters. The van der Waals surface area contributed by atoms with Crippen LogP contribution in [-0.4, -0.2) is 73.2 Å². The van der Waals surface area contributed by atoms with Crippen molar-refractivity contribution in [1.29, 1.82) is 0 Å². The topological polar surface area (TPSA) is 75.2 Å². The number of epoxide rings is 6. The second-order valence-electron chi connectivity index (χ2n) is 6.66. The van der Waals surface area contributed by atoms with Crippen molar-refractivity contribution in [3.63, 3.8) is 0 Å². The minimum absolute atomic E-state index is 0.133. The molecule has 96 valence electrons. The standard InChI is InChI=1S/C12H12O6/c1-10(13-1)4-6(16-4)11(2-14-11)8-9(18-8)12(3-15-12)7-5(10)17-7/h4-9H,1-3H2/t4-,5+,6+,7-,8-,9+,10?,11?,12?. The van der Waals surface area contributed by atoms with Gasteiger partial charge in [-0.05, 0) is 0 Å². The van der Waals surface area contributed by atoms with Gasteiger partial charge in [-0.15, -0.1) is 0 Å². The van der Waals surface area contributed by atoms with Gasteiger partial charge in [-0.1, -0.05) is 0 Å². The zero-order valence-electron chi connectivity index (χ0n) is 9.53. The summed E-state index contributed by atoms with van der Waals surface area (Å²) in [5, 5.41) is 0. The van der Waals surface area contributed by atoms with Gasteiger partial charge in [0.25, 0.3) is 0 Å². The number of fused-ring (bicyclic) bond motifs is 9. The second kappa shape index (κ2) is 2.08. The fourth-order valence-corrected chi connectivity index (χ4v) is 4.29. The lowest BCUT2D eigenvalue weighted by Gasteiger charge is -2.06. The lowest BCUT2D eigenvalue weighted by Crippen LogP contribution is -2.35. The molecule has 6 aliphatic heterocycles. The van der Waals surface area contributed by atoms with Gasteiger partial charge in [0.2, 0.25) is 0 Å². The van der Waals surface area contributed by atoms with E-state index in [0.29, 0.717) is 0 Å². The van der Waals surface area contributed by atoms with E-state index in [9.17, 15) is 0 Å². The normalized spacial score (nSPS) is 80.0. The van der Waals surface area contributed by atoms with Gasteiger partial charge >= 0.3 is 0 Å². The van der Waals surface area contributed by atoms with E-state index in [1.165, 1.54) is 0 Å². The van der Waals surface area contributed by atoms with E-state index in [1.807, 2.05) is 0 Å². The van der Waals surface area contributed by atoms with E-state index < -0.39 is 0 Å². The Hall–Kier alpha value is -0.240. The number of ether oxygens (including phenoxy) is 6. The highest BCUT2D eigenvalue weighted by Gasteiger charge is 2.90. The number of hydrogen-bond donors (Lipinski definition) is 0. The molecule has 0 aromatic heterocycles. The Labute approximate surface area is 102 Å². The highest BCUT2D eigenvalue weighted by molar-refractivity contribution is 5.36. The van der Waals surface area contributed by atoms with Crippen molar-refractivity contribution >= 4 is 0 Å². The Morgan fingerprint density at radius 3 is 0.889 bits per heavy atom. The summed E-state index contributed by atoms with van der Waals surface area (Å²) in [6.45, 7) is 2.24. The maximum atomic E-state index is 5.88. The molecule has 0 aromatic carbocycles. The number of hydrogen-bond acceptors (Lipinski definition) is 6. The summed E-state index contributed by atoms with van der Waals surface area (Å²) >= 11 is 0. The van der Waals surface area contributed by atoms with Crippen LogP contribution < -0.4 is 0 Å². The summed E-state index contributed by atoms with van der Waals surface area (Å²) in [7, 11) is 0. The van der Waals surface area contributed by atoms with Crippen LogP contribution in [0.5, 0.6) is 0 Å². The van der Waals surface area contributed by atoms with Crippen molar-refractivity contribution in [2.75, 3.05) is 19.8 Å². The second-order valence-corrected chi connectivity index (χ2v) is 6.66. The molecule has 6 nitrogen and oxygen atoms in total. The minimum Gasteiger partial charge on any atom is -0.364 e. The van der Waals surface area contributed by atoms with Crippen LogP contribution in [-0.2, 0) is 28.4 Å². The van der Waals surface area contributed by atoms with E-state index in [1.54, 1.807) is 0 Å². The van der Waals surface area contributed by atoms with Crippen molar-refractivity contribution in [1.82, 2.24) is 0 Å². The summed E-state index contributed by atoms with van der Waals surface area (Å²) in [6.07, 6.45) is 0.799. The Morgan fingerprint density at radius 2 is 0.722 bits per heavy atom. The molecule has 1 saturated carbocycles. The highest BCUT2D eigenvalue weighted by atomic mass is 16.8. The van der Waals surface area contributed by atoms with Gasteiger partial charge in [-0.2, -0.15) is 0 Å². The molecular formula is C12H12O6. The molecule has 3 spiro atoms. The molecule has 3 unspecified atom stereocenters. The first-order valence-corrected chi connectivity index (χ1v) is 6.69. The molecule has 7 fully saturated rings. The monoisotopic (exact) mass is 252 g/mol. The van der Waals surface area contributed by atoms with Crippen LogP contribution in [0.2, 0.25) is 0 Å². The Balaban J connectivity index is 1.39. The van der Waals surface area contributed by atoms with Crippen molar-refractivity contribution in [3.8, 4) is 0 Å². The molecular weight excluding hydrogens is 240 g/mol. The molecule has 0 bridgehead atoms. The Kier molecular flexibility index (Phi) is 1.02. The van der Waals surface area contributed by atoms with Gasteiger partial charge in [0, 0.05) is 0 Å². The first kappa shape index (κ1) is 8.84. The van der Waals surface area contributed by atoms with Crippen LogP contribution in [0.1, 0.15) is 0 Å². The SMILES string of the molecule is C1OC12[C@@H]1O[C@@H]1C1(CO1)[C@@H]1O[C@@H]1C1(CO1)[C@@H]1O[C@@H]12. The highest BCUT2D eigenvalue weighted by Crippen LogP contribution is 2.68. The molecule has 6 heterocycles. The Morgan fingerprint density at radius 1 is 0.500 bits per heavy atom. The zero-order valence-corrected chi connectivity index (χ0v) is 9.53. The predicted molar refractivity (Wildman–Crippen MR) is 52.0 cm³/mol. The van der Waals surface area contributed by atoms with Crippen molar-refractivity contribution < 1.29 is 28.4 Å². The smallest absolute Gasteiger partial charge is 0.149 e. The maximum Gasteiger partial charge on any atom is 0.149 e. The van der Waals surface area contributed by atoms with Crippen LogP contribution in [0.25, 0.3) is 0 Å². The third-order valence-electron chi connectivity index (χ3n) is 5.80. The van der Waals surface area contributed by atoms with Gasteiger partial charge in [0.15, 0.2) is 0 Å². The first-order chi connectivity index (χ1) is 8.80. The third kappa shape index (κ3) is 0.726. The van der Waals surface area contributed by atoms with Crippen molar-refractivity contribution in [2.24, 2.45) is 0 Å². The van der Waals surface area contributed by atoms with E-state index in [2.05, 4.69) is 0 Å². The quantitative estimate of drug-likeness (QED) is 0.494. The van der Waals surface area contributed by atoms with Crippen LogP contribution in [0.4, 0.5) is 0 Å². The molecule has 18 heavy (non-hydrogen) atoms. The van der Waals surface area contributed by atoms with Crippen LogP contribution in [0.3, 0.4) is 0 Å². The van der Waals surface area contributed by atoms with Crippen LogP contribution in [0, 0.1) is 0 Å². The molecule has 6 heteroatoms. The summed E-state index contributed by atoms with van der Waals surface area (Å²) < 4.78 is 34.8. The van der Waals surface area contributed by atoms with Gasteiger partial charge < -0.3 is 28.4 Å². The lowest BCUT2D eigenvalue weighted by atomic mass is 9.92. The summed E-state index contributed by atoms with van der Waals surface area (Å²) in [4.78, 5) is 0. The molecule has 0 N–H and O–H groups in total. The van der Waals surface area contributed by atoms with Crippen LogP contribution in [0.15, 0.2) is 0 Å². The molecule has 0 radical (unpaired) electrons. The van der Waals surface area contributed by atoms with Crippen molar-refractivity contribution in [3.05, 3.63) is 0 Å². The number of rotatable bonds is 0. The third-order valence-corrected chi connectivity index (χ3v) is 5.80. The van der Waals surface area contributed by atoms with E-state index in [-0.39, 0.29) is 53.4 Å². The summed E-state index contributed by atoms with van der Waals surface area (Å²) in [5.74, 6) is 0. The molecule has 6 saturated heterocycles. The molecule has 7 aliphatic rings. The van der Waals surface area contributed by atoms with Gasteiger partial charge in [-0.25, -0.2) is 0 Å². The minimum atomic E-state index is -0.204. The zero-order chi connectivity index (χ0) is 11.3. The van der Waals surface area contributed by atoms with Gasteiger partial charge in [0.1, 0.15) is 53.4 Å². The molecule has 0 amide bonds. The Bertz CT molecular complexity index is 391. The first-order valence-electron chi connectivity index (χ1n) is 6.69. The van der Waals surface area contributed by atoms with E-state index >= 15 is 0 Å². The maximum absolute atomic E-state index is 5.88. The largest absolute Gasteiger partial charge is 0.364 e. The van der Waals surface area contributed by atoms with E-state index in [4.69, 9.17) is 28.4 Å². The molecule has 0 aromatic rings. The molecule has 7 rings (SSSR count). The van der Waals surface area contributed by atoms with Gasteiger partial charge in [-0.3, -0.25) is 0 Å². The van der Waals surface area contributed by atoms with Crippen molar-refractivity contribution in [2.45, 2.75) is 53.4 Å². The van der Waals surface area contributed by atoms with E-state index in [0.717, 1.165) is 19.8 Å². The summed E-state index contributed by atoms with van der Waals surface area (Å²) in [5.41, 5.74) is -0.613. The van der Waals surface area contributed by atoms with Crippen LogP contribution >= 0.6 is 0 Å². The lowest BCUT2D eigenvalue weighted by molar-refractivity contribution is 0.172. The fraction of sp³-hybridized carbons (Fsp3) is 1.00. The summed E-state index contributed by atoms with van der Waals surface area (Å²) in [6, 6.07) is 0.